The van der Waals surface area contributed by atoms with Gasteiger partial charge in [-0.3, -0.25) is 14.6 Å². The van der Waals surface area contributed by atoms with E-state index in [-0.39, 0.29) is 23.4 Å². The van der Waals surface area contributed by atoms with Gasteiger partial charge in [-0.15, -0.1) is 0 Å². The molecule has 4 heterocycles. The summed E-state index contributed by atoms with van der Waals surface area (Å²) < 4.78 is 5.51. The van der Waals surface area contributed by atoms with Gasteiger partial charge in [0.15, 0.2) is 0 Å². The minimum atomic E-state index is -0.358. The number of carbonyl (C=O) groups excluding carboxylic acids is 2. The third kappa shape index (κ3) is 2.54. The fourth-order valence-corrected chi connectivity index (χ4v) is 3.73. The monoisotopic (exact) mass is 328 g/mol. The average molecular weight is 328 g/mol. The Bertz CT molecular complexity index is 779. The van der Waals surface area contributed by atoms with Crippen LogP contribution < -0.4 is 10.6 Å². The number of aromatic amines is 1. The number of nitrogens with one attached hydrogen (secondary N) is 3. The van der Waals surface area contributed by atoms with E-state index in [0.717, 1.165) is 36.8 Å². The van der Waals surface area contributed by atoms with Crippen LogP contribution in [-0.4, -0.2) is 47.6 Å². The van der Waals surface area contributed by atoms with Crippen LogP contribution in [0.3, 0.4) is 0 Å². The van der Waals surface area contributed by atoms with Crippen molar-refractivity contribution in [3.05, 3.63) is 30.2 Å². The Morgan fingerprint density at radius 1 is 1.38 bits per heavy atom. The van der Waals surface area contributed by atoms with Crippen LogP contribution in [0.4, 0.5) is 0 Å². The highest BCUT2D eigenvalue weighted by molar-refractivity contribution is 6.05. The van der Waals surface area contributed by atoms with Crippen molar-refractivity contribution >= 4 is 22.8 Å². The largest absolute Gasteiger partial charge is 0.460 e. The molecule has 1 spiro atoms. The number of H-pyrrole nitrogens is 1. The van der Waals surface area contributed by atoms with Crippen LogP contribution in [0.1, 0.15) is 29.6 Å². The number of ether oxygens (including phenoxy) is 1. The molecule has 24 heavy (non-hydrogen) atoms. The molecular formula is C17H20N4O3. The van der Waals surface area contributed by atoms with Gasteiger partial charge in [0.25, 0.3) is 5.91 Å². The average Bonchev–Trinajstić information content (AvgIpc) is 3.19. The predicted molar refractivity (Wildman–Crippen MR) is 87.5 cm³/mol. The molecular weight excluding hydrogens is 308 g/mol. The molecule has 2 fully saturated rings. The molecule has 0 bridgehead atoms. The molecule has 7 nitrogen and oxygen atoms in total. The van der Waals surface area contributed by atoms with Crippen molar-refractivity contribution in [3.63, 3.8) is 0 Å². The zero-order valence-corrected chi connectivity index (χ0v) is 13.3. The smallest absolute Gasteiger partial charge is 0.312 e. The molecule has 2 saturated heterocycles. The molecule has 1 unspecified atom stereocenters. The number of fused-ring (bicyclic) bond motifs is 1. The van der Waals surface area contributed by atoms with Crippen LogP contribution in [-0.2, 0) is 9.53 Å². The van der Waals surface area contributed by atoms with E-state index in [4.69, 9.17) is 4.74 Å². The number of hydrogen-bond donors (Lipinski definition) is 3. The lowest BCUT2D eigenvalue weighted by Crippen LogP contribution is -2.39. The normalized spacial score (nSPS) is 22.7. The molecule has 2 aliphatic rings. The predicted octanol–water partition coefficient (Wildman–Crippen LogP) is 0.978. The van der Waals surface area contributed by atoms with E-state index in [1.807, 2.05) is 6.07 Å². The number of aromatic nitrogens is 2. The van der Waals surface area contributed by atoms with Gasteiger partial charge in [0, 0.05) is 24.2 Å². The first kappa shape index (κ1) is 15.1. The molecule has 1 atom stereocenters. The highest BCUT2D eigenvalue weighted by Crippen LogP contribution is 2.41. The minimum Gasteiger partial charge on any atom is -0.460 e. The van der Waals surface area contributed by atoms with Gasteiger partial charge < -0.3 is 20.4 Å². The molecule has 2 aromatic rings. The van der Waals surface area contributed by atoms with Gasteiger partial charge in [-0.25, -0.2) is 0 Å². The number of rotatable bonds is 3. The van der Waals surface area contributed by atoms with Crippen molar-refractivity contribution in [3.8, 4) is 0 Å². The SMILES string of the molecule is O=C(NCC1CC2(CCNCC2)C(=O)O1)c1cncc2[nH]ccc12. The van der Waals surface area contributed by atoms with Crippen molar-refractivity contribution in [1.29, 1.82) is 0 Å². The summed E-state index contributed by atoms with van der Waals surface area (Å²) in [7, 11) is 0. The summed E-state index contributed by atoms with van der Waals surface area (Å²) in [5, 5.41) is 6.98. The third-order valence-electron chi connectivity index (χ3n) is 5.10. The zero-order chi connectivity index (χ0) is 16.6. The summed E-state index contributed by atoms with van der Waals surface area (Å²) in [5.74, 6) is -0.312. The number of cyclic esters (lactones) is 1. The van der Waals surface area contributed by atoms with Gasteiger partial charge in [-0.1, -0.05) is 0 Å². The van der Waals surface area contributed by atoms with Crippen LogP contribution in [0.15, 0.2) is 24.7 Å². The second kappa shape index (κ2) is 5.90. The van der Waals surface area contributed by atoms with E-state index in [0.29, 0.717) is 18.5 Å². The summed E-state index contributed by atoms with van der Waals surface area (Å²) in [6.07, 6.45) is 7.07. The zero-order valence-electron chi connectivity index (χ0n) is 13.3. The molecule has 1 amide bonds. The summed E-state index contributed by atoms with van der Waals surface area (Å²) in [6.45, 7) is 2.02. The van der Waals surface area contributed by atoms with Crippen molar-refractivity contribution in [2.24, 2.45) is 5.41 Å². The molecule has 0 aromatic carbocycles. The maximum Gasteiger partial charge on any atom is 0.312 e. The highest BCUT2D eigenvalue weighted by atomic mass is 16.6. The summed E-state index contributed by atoms with van der Waals surface area (Å²) in [4.78, 5) is 31.8. The molecule has 4 rings (SSSR count). The van der Waals surface area contributed by atoms with E-state index in [2.05, 4.69) is 20.6 Å². The fraction of sp³-hybridized carbons (Fsp3) is 0.471. The molecule has 3 N–H and O–H groups in total. The first-order valence-corrected chi connectivity index (χ1v) is 8.29. The van der Waals surface area contributed by atoms with E-state index >= 15 is 0 Å². The van der Waals surface area contributed by atoms with Gasteiger partial charge in [0.1, 0.15) is 6.10 Å². The van der Waals surface area contributed by atoms with Crippen LogP contribution in [0.25, 0.3) is 10.9 Å². The maximum atomic E-state index is 12.4. The minimum absolute atomic E-state index is 0.113. The number of hydrogen-bond acceptors (Lipinski definition) is 5. The fourth-order valence-electron chi connectivity index (χ4n) is 3.73. The van der Waals surface area contributed by atoms with Crippen molar-refractivity contribution in [2.45, 2.75) is 25.4 Å². The van der Waals surface area contributed by atoms with Crippen molar-refractivity contribution < 1.29 is 14.3 Å². The number of piperidine rings is 1. The lowest BCUT2D eigenvalue weighted by molar-refractivity contribution is -0.149. The Labute approximate surface area is 139 Å². The number of nitrogens with zero attached hydrogens (tertiary/aromatic N) is 1. The molecule has 0 radical (unpaired) electrons. The third-order valence-corrected chi connectivity index (χ3v) is 5.10. The Hall–Kier alpha value is -2.41. The Balaban J connectivity index is 1.41. The van der Waals surface area contributed by atoms with Gasteiger partial charge >= 0.3 is 5.97 Å². The Morgan fingerprint density at radius 3 is 3.04 bits per heavy atom. The molecule has 126 valence electrons. The topological polar surface area (TPSA) is 96.1 Å². The number of esters is 1. The van der Waals surface area contributed by atoms with Gasteiger partial charge in [-0.05, 0) is 32.0 Å². The standard InChI is InChI=1S/C17H20N4O3/c22-15(13-9-19-10-14-12(13)1-4-20-14)21-8-11-7-17(16(23)24-11)2-5-18-6-3-17/h1,4,9-11,18,20H,2-3,5-8H2,(H,21,22). The van der Waals surface area contributed by atoms with Crippen LogP contribution in [0, 0.1) is 5.41 Å². The van der Waals surface area contributed by atoms with Crippen molar-refractivity contribution in [1.82, 2.24) is 20.6 Å². The summed E-state index contributed by atoms with van der Waals surface area (Å²) in [6, 6.07) is 1.85. The maximum absolute atomic E-state index is 12.4. The van der Waals surface area contributed by atoms with Crippen LogP contribution in [0.5, 0.6) is 0 Å². The lowest BCUT2D eigenvalue weighted by atomic mass is 9.76. The number of amides is 1. The van der Waals surface area contributed by atoms with Gasteiger partial charge in [0.05, 0.1) is 29.2 Å². The number of carbonyl (C=O) groups is 2. The Kier molecular flexibility index (Phi) is 3.72. The molecule has 7 heteroatoms. The van der Waals surface area contributed by atoms with Crippen LogP contribution in [0.2, 0.25) is 0 Å². The van der Waals surface area contributed by atoms with E-state index < -0.39 is 0 Å². The van der Waals surface area contributed by atoms with Crippen molar-refractivity contribution in [2.75, 3.05) is 19.6 Å². The molecule has 0 aliphatic carbocycles. The highest BCUT2D eigenvalue weighted by Gasteiger charge is 2.49. The quantitative estimate of drug-likeness (QED) is 0.730. The summed E-state index contributed by atoms with van der Waals surface area (Å²) >= 11 is 0. The lowest BCUT2D eigenvalue weighted by Gasteiger charge is -2.29. The van der Waals surface area contributed by atoms with Gasteiger partial charge in [0.2, 0.25) is 0 Å². The van der Waals surface area contributed by atoms with Gasteiger partial charge in [-0.2, -0.15) is 0 Å². The van der Waals surface area contributed by atoms with E-state index in [1.165, 1.54) is 0 Å². The molecule has 2 aliphatic heterocycles. The first-order valence-electron chi connectivity index (χ1n) is 8.29. The second-order valence-electron chi connectivity index (χ2n) is 6.60. The summed E-state index contributed by atoms with van der Waals surface area (Å²) in [5.41, 5.74) is 0.987. The first-order chi connectivity index (χ1) is 11.7. The molecule has 0 saturated carbocycles. The molecule has 2 aromatic heterocycles. The van der Waals surface area contributed by atoms with E-state index in [1.54, 1.807) is 18.6 Å². The second-order valence-corrected chi connectivity index (χ2v) is 6.60. The Morgan fingerprint density at radius 2 is 2.21 bits per heavy atom. The van der Waals surface area contributed by atoms with E-state index in [9.17, 15) is 9.59 Å². The number of pyridine rings is 1. The van der Waals surface area contributed by atoms with Crippen LogP contribution >= 0.6 is 0 Å².